The predicted molar refractivity (Wildman–Crippen MR) is 94.4 cm³/mol. The number of benzene rings is 1. The molecule has 26 heavy (non-hydrogen) atoms. The van der Waals surface area contributed by atoms with Crippen molar-refractivity contribution in [2.24, 2.45) is 0 Å². The van der Waals surface area contributed by atoms with Gasteiger partial charge in [0.25, 0.3) is 5.95 Å². The summed E-state index contributed by atoms with van der Waals surface area (Å²) < 4.78 is 1.26. The molecule has 1 fully saturated rings. The molecule has 0 radical (unpaired) electrons. The summed E-state index contributed by atoms with van der Waals surface area (Å²) in [6, 6.07) is 5.58. The van der Waals surface area contributed by atoms with Crippen molar-refractivity contribution in [3.8, 4) is 0 Å². The number of carbonyl (C=O) groups is 1. The molecule has 11 heteroatoms. The lowest BCUT2D eigenvalue weighted by atomic mass is 10.2. The number of hydrogen-bond acceptors (Lipinski definition) is 7. The Bertz CT molecular complexity index is 776. The van der Waals surface area contributed by atoms with Crippen LogP contribution in [-0.4, -0.2) is 67.1 Å². The van der Waals surface area contributed by atoms with Gasteiger partial charge in [-0.3, -0.25) is 20.1 Å². The molecule has 0 saturated carbocycles. The van der Waals surface area contributed by atoms with Crippen LogP contribution in [0.5, 0.6) is 0 Å². The molecule has 0 aliphatic carbocycles. The molecule has 1 amide bonds. The highest BCUT2D eigenvalue weighted by Crippen LogP contribution is 2.23. The average Bonchev–Trinajstić information content (AvgIpc) is 3.07. The topological polar surface area (TPSA) is 98.0 Å². The van der Waals surface area contributed by atoms with Crippen LogP contribution in [0.3, 0.4) is 0 Å². The van der Waals surface area contributed by atoms with Crippen molar-refractivity contribution in [1.29, 1.82) is 0 Å². The Labute approximate surface area is 159 Å². The second kappa shape index (κ2) is 8.19. The summed E-state index contributed by atoms with van der Waals surface area (Å²) in [7, 11) is 0. The molecule has 2 aromatic rings. The van der Waals surface area contributed by atoms with Gasteiger partial charge in [-0.05, 0) is 17.7 Å². The predicted octanol–water partition coefficient (Wildman–Crippen LogP) is 1.51. The Morgan fingerprint density at radius 1 is 1.15 bits per heavy atom. The highest BCUT2D eigenvalue weighted by Gasteiger charge is 2.22. The van der Waals surface area contributed by atoms with Crippen molar-refractivity contribution in [3.63, 3.8) is 0 Å². The zero-order valence-electron chi connectivity index (χ0n) is 13.8. The maximum Gasteiger partial charge on any atom is 0.295 e. The third-order valence-corrected chi connectivity index (χ3v) is 4.85. The van der Waals surface area contributed by atoms with Crippen molar-refractivity contribution < 1.29 is 15.2 Å². The summed E-state index contributed by atoms with van der Waals surface area (Å²) in [5.41, 5.74) is 1.08. The zero-order valence-corrected chi connectivity index (χ0v) is 15.3. The van der Waals surface area contributed by atoms with Crippen LogP contribution in [0.15, 0.2) is 24.5 Å². The lowest BCUT2D eigenvalue weighted by molar-refractivity contribution is -0.133. The molecule has 3 rings (SSSR count). The second-order valence-electron chi connectivity index (χ2n) is 5.94. The van der Waals surface area contributed by atoms with Crippen LogP contribution in [0, 0.1) is 0 Å². The van der Waals surface area contributed by atoms with Gasteiger partial charge in [0.05, 0.1) is 10.0 Å². The first-order chi connectivity index (χ1) is 12.4. The van der Waals surface area contributed by atoms with Crippen molar-refractivity contribution >= 4 is 35.1 Å². The molecular weight excluding hydrogens is 383 g/mol. The first-order valence-electron chi connectivity index (χ1n) is 7.94. The Balaban J connectivity index is 1.49. The van der Waals surface area contributed by atoms with Crippen LogP contribution in [0.25, 0.3) is 0 Å². The monoisotopic (exact) mass is 400 g/mol. The number of rotatable bonds is 5. The molecule has 0 spiro atoms. The van der Waals surface area contributed by atoms with E-state index < -0.39 is 0 Å². The summed E-state index contributed by atoms with van der Waals surface area (Å²) in [5.74, 6) is -0.387. The fourth-order valence-electron chi connectivity index (χ4n) is 2.74. The maximum absolute atomic E-state index is 12.3. The minimum atomic E-state index is -0.288. The minimum Gasteiger partial charge on any atom is -0.339 e. The van der Waals surface area contributed by atoms with E-state index in [1.54, 1.807) is 11.0 Å². The van der Waals surface area contributed by atoms with Gasteiger partial charge < -0.3 is 4.90 Å². The molecule has 0 atom stereocenters. The van der Waals surface area contributed by atoms with Gasteiger partial charge in [-0.2, -0.15) is 4.98 Å². The summed E-state index contributed by atoms with van der Waals surface area (Å²) in [5, 5.41) is 22.3. The molecule has 0 bridgehead atoms. The molecule has 1 aromatic heterocycles. The van der Waals surface area contributed by atoms with Crippen molar-refractivity contribution in [2.45, 2.75) is 13.1 Å². The molecule has 1 aliphatic heterocycles. The van der Waals surface area contributed by atoms with Crippen LogP contribution >= 0.6 is 23.2 Å². The number of halogens is 2. The van der Waals surface area contributed by atoms with Crippen LogP contribution in [0.1, 0.15) is 5.56 Å². The van der Waals surface area contributed by atoms with Gasteiger partial charge >= 0.3 is 0 Å². The molecule has 1 aromatic carbocycles. The summed E-state index contributed by atoms with van der Waals surface area (Å²) in [4.78, 5) is 20.0. The van der Waals surface area contributed by atoms with Crippen LogP contribution < -0.4 is 5.23 Å². The standard InChI is InChI=1S/C15H18Cl2N6O3/c16-12-2-1-11(7-13(12)17)8-20-3-5-21(6-4-20)14(24)9-22-10-18-15(19-22)23(25)26/h1-2,7,10,25-26H,3-6,8-9H2. The fourth-order valence-corrected chi connectivity index (χ4v) is 3.06. The van der Waals surface area contributed by atoms with Gasteiger partial charge in [-0.1, -0.05) is 34.5 Å². The van der Waals surface area contributed by atoms with E-state index in [0.29, 0.717) is 23.1 Å². The first-order valence-corrected chi connectivity index (χ1v) is 8.69. The largest absolute Gasteiger partial charge is 0.339 e. The first kappa shape index (κ1) is 18.9. The molecule has 0 unspecified atom stereocenters. The SMILES string of the molecule is O=C(Cn1cnc(N(O)O)n1)N1CCN(Cc2ccc(Cl)c(Cl)c2)CC1. The van der Waals surface area contributed by atoms with Gasteiger partial charge in [-0.15, -0.1) is 5.10 Å². The van der Waals surface area contributed by atoms with E-state index in [9.17, 15) is 4.79 Å². The molecule has 1 saturated heterocycles. The van der Waals surface area contributed by atoms with E-state index in [-0.39, 0.29) is 23.6 Å². The van der Waals surface area contributed by atoms with E-state index in [4.69, 9.17) is 33.6 Å². The second-order valence-corrected chi connectivity index (χ2v) is 6.75. The van der Waals surface area contributed by atoms with Crippen LogP contribution in [0.4, 0.5) is 5.95 Å². The number of amides is 1. The Morgan fingerprint density at radius 2 is 1.88 bits per heavy atom. The smallest absolute Gasteiger partial charge is 0.295 e. The van der Waals surface area contributed by atoms with E-state index in [1.807, 2.05) is 12.1 Å². The highest BCUT2D eigenvalue weighted by atomic mass is 35.5. The van der Waals surface area contributed by atoms with Gasteiger partial charge in [-0.25, -0.2) is 4.68 Å². The molecule has 9 nitrogen and oxygen atoms in total. The van der Waals surface area contributed by atoms with Crippen molar-refractivity contribution in [1.82, 2.24) is 24.6 Å². The van der Waals surface area contributed by atoms with Gasteiger partial charge in [0.2, 0.25) is 5.91 Å². The summed E-state index contributed by atoms with van der Waals surface area (Å²) >= 11 is 12.0. The quantitative estimate of drug-likeness (QED) is 0.733. The molecule has 1 aliphatic rings. The third kappa shape index (κ3) is 4.63. The van der Waals surface area contributed by atoms with E-state index in [0.717, 1.165) is 25.2 Å². The molecular formula is C15H18Cl2N6O3. The van der Waals surface area contributed by atoms with E-state index >= 15 is 0 Å². The normalized spacial score (nSPS) is 15.3. The Morgan fingerprint density at radius 3 is 2.50 bits per heavy atom. The summed E-state index contributed by atoms with van der Waals surface area (Å²) in [6.45, 7) is 3.44. The van der Waals surface area contributed by atoms with Crippen molar-refractivity contribution in [3.05, 3.63) is 40.1 Å². The number of carbonyl (C=O) groups excluding carboxylic acids is 1. The van der Waals surface area contributed by atoms with Crippen molar-refractivity contribution in [2.75, 3.05) is 31.4 Å². The molecule has 2 heterocycles. The third-order valence-electron chi connectivity index (χ3n) is 4.12. The van der Waals surface area contributed by atoms with Gasteiger partial charge in [0, 0.05) is 32.7 Å². The fraction of sp³-hybridized carbons (Fsp3) is 0.400. The number of piperazine rings is 1. The van der Waals surface area contributed by atoms with Gasteiger partial charge in [0.1, 0.15) is 12.9 Å². The maximum atomic E-state index is 12.3. The van der Waals surface area contributed by atoms with E-state index in [2.05, 4.69) is 15.0 Å². The molecule has 2 N–H and O–H groups in total. The minimum absolute atomic E-state index is 0.00632. The van der Waals surface area contributed by atoms with Crippen LogP contribution in [-0.2, 0) is 17.9 Å². The number of nitrogens with zero attached hydrogens (tertiary/aromatic N) is 6. The van der Waals surface area contributed by atoms with Crippen LogP contribution in [0.2, 0.25) is 10.0 Å². The van der Waals surface area contributed by atoms with Gasteiger partial charge in [0.15, 0.2) is 0 Å². The summed E-state index contributed by atoms with van der Waals surface area (Å²) in [6.07, 6.45) is 1.27. The lowest BCUT2D eigenvalue weighted by Gasteiger charge is -2.34. The molecule has 140 valence electrons. The highest BCUT2D eigenvalue weighted by molar-refractivity contribution is 6.42. The Kier molecular flexibility index (Phi) is 5.94. The Hall–Kier alpha value is -1.91. The number of aromatic nitrogens is 3. The number of hydrogen-bond donors (Lipinski definition) is 2. The lowest BCUT2D eigenvalue weighted by Crippen LogP contribution is -2.49. The van der Waals surface area contributed by atoms with E-state index in [1.165, 1.54) is 11.0 Å². The average molecular weight is 401 g/mol. The zero-order chi connectivity index (χ0) is 18.7. The number of anilines is 1.